The zero-order chi connectivity index (χ0) is 10.8. The first-order chi connectivity index (χ1) is 7.24. The number of aromatic amines is 1. The molecule has 0 unspecified atom stereocenters. The lowest BCUT2D eigenvalue weighted by Crippen LogP contribution is -2.30. The molecule has 0 aliphatic heterocycles. The van der Waals surface area contributed by atoms with E-state index in [1.807, 2.05) is 0 Å². The summed E-state index contributed by atoms with van der Waals surface area (Å²) in [7, 11) is 0. The third kappa shape index (κ3) is 1.89. The number of H-pyrrole nitrogens is 1. The van der Waals surface area contributed by atoms with Crippen molar-refractivity contribution in [2.75, 3.05) is 6.61 Å². The maximum atomic E-state index is 11.6. The molecule has 2 rings (SSSR count). The zero-order valence-electron chi connectivity index (χ0n) is 8.45. The van der Waals surface area contributed by atoms with E-state index in [2.05, 4.69) is 4.98 Å². The largest absolute Gasteiger partial charge is 0.395 e. The second-order valence-electron chi connectivity index (χ2n) is 3.77. The first kappa shape index (κ1) is 10.6. The molecule has 1 aromatic heterocycles. The lowest BCUT2D eigenvalue weighted by molar-refractivity contribution is 0.270. The topological polar surface area (TPSA) is 58.0 Å². The monoisotopic (exact) mass is 226 g/mol. The number of aliphatic hydroxyl groups is 1. The molecular weight excluding hydrogens is 212 g/mol. The number of hydrogen-bond acceptors (Lipinski definition) is 3. The Balaban J connectivity index is 2.63. The fraction of sp³-hybridized carbons (Fsp3) is 0.600. The van der Waals surface area contributed by atoms with Crippen LogP contribution in [0.5, 0.6) is 0 Å². The Morgan fingerprint density at radius 2 is 2.13 bits per heavy atom. The fourth-order valence-corrected chi connectivity index (χ4v) is 2.44. The Kier molecular flexibility index (Phi) is 3.02. The van der Waals surface area contributed by atoms with Gasteiger partial charge in [0.2, 0.25) is 0 Å². The summed E-state index contributed by atoms with van der Waals surface area (Å²) in [5.41, 5.74) is 1.91. The van der Waals surface area contributed by atoms with Gasteiger partial charge in [0.25, 0.3) is 0 Å². The van der Waals surface area contributed by atoms with Crippen LogP contribution < -0.4 is 5.69 Å². The molecule has 5 heteroatoms. The van der Waals surface area contributed by atoms with Crippen molar-refractivity contribution in [3.8, 4) is 0 Å². The number of nitrogens with one attached hydrogen (secondary N) is 1. The second kappa shape index (κ2) is 4.28. The number of nitrogens with zero attached hydrogens (tertiary/aromatic N) is 1. The molecule has 1 heterocycles. The van der Waals surface area contributed by atoms with E-state index in [-0.39, 0.29) is 12.3 Å². The molecule has 0 bridgehead atoms. The van der Waals surface area contributed by atoms with Crippen molar-refractivity contribution in [2.45, 2.75) is 32.2 Å². The minimum Gasteiger partial charge on any atom is -0.395 e. The molecular formula is C10H14N2O2S. The van der Waals surface area contributed by atoms with Crippen LogP contribution >= 0.6 is 12.2 Å². The molecule has 15 heavy (non-hydrogen) atoms. The predicted octanol–water partition coefficient (Wildman–Crippen LogP) is 0.777. The molecule has 0 radical (unpaired) electrons. The van der Waals surface area contributed by atoms with Crippen LogP contribution in [0.3, 0.4) is 0 Å². The van der Waals surface area contributed by atoms with E-state index in [4.69, 9.17) is 17.3 Å². The van der Waals surface area contributed by atoms with E-state index in [0.29, 0.717) is 11.2 Å². The third-order valence-electron chi connectivity index (χ3n) is 2.83. The van der Waals surface area contributed by atoms with Gasteiger partial charge in [-0.25, -0.2) is 4.79 Å². The van der Waals surface area contributed by atoms with Crippen molar-refractivity contribution in [3.63, 3.8) is 0 Å². The molecule has 0 spiro atoms. The Labute approximate surface area is 92.6 Å². The summed E-state index contributed by atoms with van der Waals surface area (Å²) >= 11 is 5.14. The summed E-state index contributed by atoms with van der Waals surface area (Å²) in [4.78, 5) is 14.3. The van der Waals surface area contributed by atoms with Gasteiger partial charge >= 0.3 is 5.69 Å². The summed E-state index contributed by atoms with van der Waals surface area (Å²) in [6.45, 7) is 0.338. The van der Waals surface area contributed by atoms with E-state index in [9.17, 15) is 4.79 Å². The minimum atomic E-state index is -0.199. The molecule has 0 saturated carbocycles. The molecule has 1 aliphatic carbocycles. The van der Waals surface area contributed by atoms with Crippen molar-refractivity contribution in [2.24, 2.45) is 0 Å². The van der Waals surface area contributed by atoms with E-state index in [1.54, 1.807) is 4.57 Å². The fourth-order valence-electron chi connectivity index (χ4n) is 2.13. The molecule has 1 aromatic rings. The Morgan fingerprint density at radius 3 is 2.87 bits per heavy atom. The Morgan fingerprint density at radius 1 is 1.40 bits per heavy atom. The molecule has 0 saturated heterocycles. The Bertz CT molecular complexity index is 475. The molecule has 0 atom stereocenters. The highest BCUT2D eigenvalue weighted by atomic mass is 32.1. The maximum absolute atomic E-state index is 11.6. The van der Waals surface area contributed by atoms with Crippen LogP contribution in [0.4, 0.5) is 0 Å². The van der Waals surface area contributed by atoms with Crippen molar-refractivity contribution in [1.29, 1.82) is 0 Å². The highest BCUT2D eigenvalue weighted by Gasteiger charge is 2.15. The number of hydrogen-bond donors (Lipinski definition) is 2. The van der Waals surface area contributed by atoms with Crippen molar-refractivity contribution in [3.05, 3.63) is 26.4 Å². The third-order valence-corrected chi connectivity index (χ3v) is 3.18. The van der Waals surface area contributed by atoms with Gasteiger partial charge in [-0.2, -0.15) is 0 Å². The summed E-state index contributed by atoms with van der Waals surface area (Å²) in [5, 5.41) is 8.92. The van der Waals surface area contributed by atoms with Crippen LogP contribution in [-0.4, -0.2) is 21.3 Å². The molecule has 2 N–H and O–H groups in total. The van der Waals surface area contributed by atoms with Crippen molar-refractivity contribution < 1.29 is 5.11 Å². The normalized spacial score (nSPS) is 15.0. The maximum Gasteiger partial charge on any atom is 0.326 e. The summed E-state index contributed by atoms with van der Waals surface area (Å²) in [5.74, 6) is 0. The number of rotatable bonds is 2. The van der Waals surface area contributed by atoms with Gasteiger partial charge in [-0.15, -0.1) is 0 Å². The van der Waals surface area contributed by atoms with Crippen molar-refractivity contribution in [1.82, 2.24) is 9.55 Å². The molecule has 4 nitrogen and oxygen atoms in total. The second-order valence-corrected chi connectivity index (χ2v) is 4.18. The van der Waals surface area contributed by atoms with Gasteiger partial charge in [0.15, 0.2) is 0 Å². The molecule has 0 aromatic carbocycles. The lowest BCUT2D eigenvalue weighted by atomic mass is 9.97. The highest BCUT2D eigenvalue weighted by molar-refractivity contribution is 7.71. The molecule has 0 fully saturated rings. The molecule has 1 aliphatic rings. The van der Waals surface area contributed by atoms with Gasteiger partial charge in [0.1, 0.15) is 4.64 Å². The average molecular weight is 226 g/mol. The summed E-state index contributed by atoms with van der Waals surface area (Å²) in [6, 6.07) is 0. The van der Waals surface area contributed by atoms with Gasteiger partial charge in [0, 0.05) is 11.3 Å². The van der Waals surface area contributed by atoms with Crippen LogP contribution in [-0.2, 0) is 19.4 Å². The van der Waals surface area contributed by atoms with E-state index in [0.717, 1.165) is 36.9 Å². The average Bonchev–Trinajstić information content (AvgIpc) is 2.24. The van der Waals surface area contributed by atoms with Crippen LogP contribution in [0.2, 0.25) is 0 Å². The predicted molar refractivity (Wildman–Crippen MR) is 59.6 cm³/mol. The quantitative estimate of drug-likeness (QED) is 0.733. The number of aromatic nitrogens is 2. The number of fused-ring (bicyclic) bond motifs is 1. The lowest BCUT2D eigenvalue weighted by Gasteiger charge is -2.20. The highest BCUT2D eigenvalue weighted by Crippen LogP contribution is 2.19. The van der Waals surface area contributed by atoms with E-state index < -0.39 is 0 Å². The van der Waals surface area contributed by atoms with Gasteiger partial charge in [-0.1, -0.05) is 12.2 Å². The zero-order valence-corrected chi connectivity index (χ0v) is 9.27. The van der Waals surface area contributed by atoms with Gasteiger partial charge in [-0.05, 0) is 25.7 Å². The van der Waals surface area contributed by atoms with E-state index >= 15 is 0 Å². The van der Waals surface area contributed by atoms with Gasteiger partial charge in [0.05, 0.1) is 13.2 Å². The summed E-state index contributed by atoms with van der Waals surface area (Å²) in [6.07, 6.45) is 4.05. The Hall–Kier alpha value is -0.940. The van der Waals surface area contributed by atoms with Gasteiger partial charge in [-0.3, -0.25) is 9.55 Å². The van der Waals surface area contributed by atoms with Crippen LogP contribution in [0.1, 0.15) is 24.1 Å². The summed E-state index contributed by atoms with van der Waals surface area (Å²) < 4.78 is 2.19. The number of aliphatic hydroxyl groups excluding tert-OH is 1. The van der Waals surface area contributed by atoms with Crippen LogP contribution in [0, 0.1) is 4.64 Å². The minimum absolute atomic E-state index is 0.0169. The standard InChI is InChI=1S/C10H14N2O2S/c13-6-5-12-8-4-2-1-3-7(8)9(15)11-10(12)14/h13H,1-6H2,(H,11,14,15). The van der Waals surface area contributed by atoms with Gasteiger partial charge < -0.3 is 5.11 Å². The molecule has 0 amide bonds. The first-order valence-electron chi connectivity index (χ1n) is 5.20. The van der Waals surface area contributed by atoms with Crippen LogP contribution in [0.25, 0.3) is 0 Å². The van der Waals surface area contributed by atoms with Crippen LogP contribution in [0.15, 0.2) is 4.79 Å². The molecule has 82 valence electrons. The smallest absolute Gasteiger partial charge is 0.326 e. The SMILES string of the molecule is O=c1[nH]c(=S)c2c(n1CCO)CCCC2. The van der Waals surface area contributed by atoms with E-state index in [1.165, 1.54) is 0 Å². The van der Waals surface area contributed by atoms with Crippen molar-refractivity contribution >= 4 is 12.2 Å². The first-order valence-corrected chi connectivity index (χ1v) is 5.60.